The Morgan fingerprint density at radius 2 is 1.23 bits per heavy atom. The zero-order valence-corrected chi connectivity index (χ0v) is 14.3. The first kappa shape index (κ1) is 16.2. The summed E-state index contributed by atoms with van der Waals surface area (Å²) in [5.41, 5.74) is 2.80. The van der Waals surface area contributed by atoms with Crippen LogP contribution in [-0.4, -0.2) is 0 Å². The predicted octanol–water partition coefficient (Wildman–Crippen LogP) is 5.69. The Morgan fingerprint density at radius 1 is 0.773 bits per heavy atom. The highest BCUT2D eigenvalue weighted by molar-refractivity contribution is 5.65. The average Bonchev–Trinajstić information content (AvgIpc) is 2.45. The Bertz CT molecular complexity index is 675. The molecule has 0 saturated carbocycles. The standard InChI is InChI=1S/C20H24NO/c1-19(2,3)17-11-16(12-18(22-17)20(4,5)6)15-9-7-14(13-21)8-10-15/h7-12H,1-6H3/q+1. The summed E-state index contributed by atoms with van der Waals surface area (Å²) in [6.45, 7) is 12.9. The number of benzene rings is 1. The maximum Gasteiger partial charge on any atom is 0.335 e. The highest BCUT2D eigenvalue weighted by atomic mass is 16.3. The van der Waals surface area contributed by atoms with Gasteiger partial charge in [-0.15, -0.1) is 0 Å². The van der Waals surface area contributed by atoms with E-state index in [1.807, 2.05) is 24.3 Å². The van der Waals surface area contributed by atoms with Gasteiger partial charge >= 0.3 is 11.5 Å². The van der Waals surface area contributed by atoms with Crippen molar-refractivity contribution in [1.29, 1.82) is 5.26 Å². The third-order valence-electron chi connectivity index (χ3n) is 3.62. The van der Waals surface area contributed by atoms with E-state index in [1.165, 1.54) is 0 Å². The lowest BCUT2D eigenvalue weighted by Crippen LogP contribution is -2.16. The second kappa shape index (κ2) is 5.57. The number of hydrogen-bond donors (Lipinski definition) is 0. The molecular formula is C20H24NO+. The summed E-state index contributed by atoms with van der Waals surface area (Å²) in [6, 6.07) is 14.1. The van der Waals surface area contributed by atoms with Crippen LogP contribution in [0.4, 0.5) is 0 Å². The van der Waals surface area contributed by atoms with Crippen molar-refractivity contribution in [2.24, 2.45) is 0 Å². The molecule has 2 heteroatoms. The Labute approximate surface area is 133 Å². The fraction of sp³-hybridized carbons (Fsp3) is 0.400. The van der Waals surface area contributed by atoms with Gasteiger partial charge in [0, 0.05) is 12.1 Å². The fourth-order valence-electron chi connectivity index (χ4n) is 2.14. The van der Waals surface area contributed by atoms with Gasteiger partial charge in [-0.05, 0) is 64.8 Å². The van der Waals surface area contributed by atoms with Crippen molar-refractivity contribution in [2.45, 2.75) is 52.4 Å². The maximum absolute atomic E-state index is 8.94. The molecule has 2 nitrogen and oxygen atoms in total. The zero-order chi connectivity index (χ0) is 16.5. The lowest BCUT2D eigenvalue weighted by atomic mass is 9.87. The predicted molar refractivity (Wildman–Crippen MR) is 90.7 cm³/mol. The second-order valence-corrected chi connectivity index (χ2v) is 7.76. The van der Waals surface area contributed by atoms with Gasteiger partial charge < -0.3 is 0 Å². The van der Waals surface area contributed by atoms with E-state index in [-0.39, 0.29) is 10.8 Å². The van der Waals surface area contributed by atoms with Crippen LogP contribution in [-0.2, 0) is 10.8 Å². The second-order valence-electron chi connectivity index (χ2n) is 7.76. The minimum Gasteiger partial charge on any atom is -0.217 e. The Morgan fingerprint density at radius 3 is 1.59 bits per heavy atom. The molecular weight excluding hydrogens is 270 g/mol. The molecule has 0 radical (unpaired) electrons. The molecule has 2 aromatic rings. The fourth-order valence-corrected chi connectivity index (χ4v) is 2.14. The van der Waals surface area contributed by atoms with Crippen molar-refractivity contribution in [2.75, 3.05) is 0 Å². The van der Waals surface area contributed by atoms with Crippen LogP contribution in [0.3, 0.4) is 0 Å². The molecule has 0 aliphatic carbocycles. The van der Waals surface area contributed by atoms with Gasteiger partial charge in [-0.1, -0.05) is 12.1 Å². The first-order valence-corrected chi connectivity index (χ1v) is 7.61. The Balaban J connectivity index is 2.62. The normalized spacial score (nSPS) is 12.0. The third kappa shape index (κ3) is 3.54. The number of hydrogen-bond acceptors (Lipinski definition) is 1. The van der Waals surface area contributed by atoms with Crippen LogP contribution in [0.2, 0.25) is 0 Å². The highest BCUT2D eigenvalue weighted by Crippen LogP contribution is 2.33. The largest absolute Gasteiger partial charge is 0.335 e. The first-order chi connectivity index (χ1) is 10.1. The van der Waals surface area contributed by atoms with Crippen LogP contribution in [0.15, 0.2) is 40.8 Å². The van der Waals surface area contributed by atoms with Crippen molar-refractivity contribution in [1.82, 2.24) is 0 Å². The van der Waals surface area contributed by atoms with E-state index in [4.69, 9.17) is 9.68 Å². The number of nitriles is 1. The summed E-state index contributed by atoms with van der Waals surface area (Å²) in [5, 5.41) is 8.94. The first-order valence-electron chi connectivity index (χ1n) is 7.61. The summed E-state index contributed by atoms with van der Waals surface area (Å²) in [4.78, 5) is 0. The van der Waals surface area contributed by atoms with Crippen molar-refractivity contribution >= 4 is 0 Å². The van der Waals surface area contributed by atoms with Crippen LogP contribution < -0.4 is 0 Å². The summed E-state index contributed by atoms with van der Waals surface area (Å²) >= 11 is 0. The summed E-state index contributed by atoms with van der Waals surface area (Å²) < 4.78 is 6.16. The Hall–Kier alpha value is -2.14. The van der Waals surface area contributed by atoms with Crippen LogP contribution in [0.1, 0.15) is 58.6 Å². The third-order valence-corrected chi connectivity index (χ3v) is 3.62. The molecule has 1 aromatic carbocycles. The van der Waals surface area contributed by atoms with Crippen molar-refractivity contribution < 1.29 is 4.42 Å². The van der Waals surface area contributed by atoms with Gasteiger partial charge in [0.2, 0.25) is 0 Å². The van der Waals surface area contributed by atoms with Gasteiger partial charge in [-0.2, -0.15) is 5.26 Å². The molecule has 0 spiro atoms. The molecule has 0 aliphatic heterocycles. The summed E-state index contributed by atoms with van der Waals surface area (Å²) in [5.74, 6) is 1.94. The van der Waals surface area contributed by atoms with Gasteiger partial charge in [0.15, 0.2) is 0 Å². The van der Waals surface area contributed by atoms with Gasteiger partial charge in [-0.3, -0.25) is 0 Å². The molecule has 2 rings (SSSR count). The Kier molecular flexibility index (Phi) is 4.11. The van der Waals surface area contributed by atoms with Crippen molar-refractivity contribution in [3.05, 3.63) is 53.5 Å². The molecule has 1 heterocycles. The molecule has 0 N–H and O–H groups in total. The minimum absolute atomic E-state index is 0.0530. The molecule has 0 unspecified atom stereocenters. The molecule has 0 fully saturated rings. The summed E-state index contributed by atoms with van der Waals surface area (Å²) in [6.07, 6.45) is 0. The van der Waals surface area contributed by atoms with Crippen molar-refractivity contribution in [3.8, 4) is 17.2 Å². The van der Waals surface area contributed by atoms with Crippen molar-refractivity contribution in [3.63, 3.8) is 0 Å². The summed E-state index contributed by atoms with van der Waals surface area (Å²) in [7, 11) is 0. The smallest absolute Gasteiger partial charge is 0.217 e. The number of rotatable bonds is 1. The van der Waals surface area contributed by atoms with Crippen LogP contribution in [0.5, 0.6) is 0 Å². The molecule has 0 aliphatic rings. The lowest BCUT2D eigenvalue weighted by Gasteiger charge is -2.15. The van der Waals surface area contributed by atoms with Crippen LogP contribution in [0, 0.1) is 11.3 Å². The van der Waals surface area contributed by atoms with E-state index in [2.05, 4.69) is 59.7 Å². The van der Waals surface area contributed by atoms with E-state index < -0.39 is 0 Å². The van der Waals surface area contributed by atoms with E-state index in [0.717, 1.165) is 22.6 Å². The molecule has 114 valence electrons. The molecule has 0 saturated heterocycles. The highest BCUT2D eigenvalue weighted by Gasteiger charge is 2.33. The van der Waals surface area contributed by atoms with E-state index in [0.29, 0.717) is 5.56 Å². The average molecular weight is 294 g/mol. The lowest BCUT2D eigenvalue weighted by molar-refractivity contribution is 0.329. The van der Waals surface area contributed by atoms with E-state index in [9.17, 15) is 0 Å². The maximum atomic E-state index is 8.94. The van der Waals surface area contributed by atoms with Gasteiger partial charge in [0.1, 0.15) is 0 Å². The molecule has 1 aromatic heterocycles. The number of nitrogens with zero attached hydrogens (tertiary/aromatic N) is 1. The molecule has 0 bridgehead atoms. The van der Waals surface area contributed by atoms with Gasteiger partial charge in [-0.25, -0.2) is 4.42 Å². The quantitative estimate of drug-likeness (QED) is 0.633. The molecule has 0 amide bonds. The van der Waals surface area contributed by atoms with E-state index >= 15 is 0 Å². The zero-order valence-electron chi connectivity index (χ0n) is 14.3. The minimum atomic E-state index is -0.0530. The topological polar surface area (TPSA) is 35.1 Å². The molecule has 0 atom stereocenters. The van der Waals surface area contributed by atoms with Crippen LogP contribution in [0.25, 0.3) is 11.1 Å². The van der Waals surface area contributed by atoms with Gasteiger partial charge in [0.25, 0.3) is 0 Å². The van der Waals surface area contributed by atoms with Gasteiger partial charge in [0.05, 0.1) is 22.5 Å². The van der Waals surface area contributed by atoms with Crippen LogP contribution >= 0.6 is 0 Å². The SMILES string of the molecule is CC(C)(C)c1cc(-c2ccc(C#N)cc2)cc(C(C)(C)C)[o+]1. The van der Waals surface area contributed by atoms with E-state index in [1.54, 1.807) is 0 Å². The molecule has 22 heavy (non-hydrogen) atoms. The monoisotopic (exact) mass is 294 g/mol.